The van der Waals surface area contributed by atoms with E-state index in [9.17, 15) is 4.79 Å². The van der Waals surface area contributed by atoms with Crippen LogP contribution in [0.5, 0.6) is 0 Å². The van der Waals surface area contributed by atoms with E-state index in [1.807, 2.05) is 6.92 Å². The second kappa shape index (κ2) is 7.66. The van der Waals surface area contributed by atoms with Crippen LogP contribution in [0.3, 0.4) is 0 Å². The lowest BCUT2D eigenvalue weighted by Crippen LogP contribution is -2.35. The first-order valence-electron chi connectivity index (χ1n) is 6.71. The van der Waals surface area contributed by atoms with Crippen molar-refractivity contribution in [2.75, 3.05) is 20.1 Å². The lowest BCUT2D eigenvalue weighted by Gasteiger charge is -2.31. The fourth-order valence-corrected chi connectivity index (χ4v) is 2.39. The maximum Gasteiger partial charge on any atom is 0.219 e. The number of amides is 1. The first kappa shape index (κ1) is 13.5. The van der Waals surface area contributed by atoms with Crippen molar-refractivity contribution in [3.8, 4) is 0 Å². The predicted octanol–water partition coefficient (Wildman–Crippen LogP) is 2.17. The lowest BCUT2D eigenvalue weighted by molar-refractivity contribution is -0.120. The zero-order valence-corrected chi connectivity index (χ0v) is 10.8. The van der Waals surface area contributed by atoms with Gasteiger partial charge in [0, 0.05) is 19.0 Å². The normalized spacial score (nSPS) is 17.7. The molecule has 1 fully saturated rings. The summed E-state index contributed by atoms with van der Waals surface area (Å²) in [4.78, 5) is 13.5. The Bertz CT molecular complexity index is 200. The second-order valence-electron chi connectivity index (χ2n) is 4.83. The van der Waals surface area contributed by atoms with Crippen molar-refractivity contribution >= 4 is 5.91 Å². The molecule has 94 valence electrons. The van der Waals surface area contributed by atoms with Crippen molar-refractivity contribution in [1.29, 1.82) is 0 Å². The highest BCUT2D eigenvalue weighted by Gasteiger charge is 2.17. The fourth-order valence-electron chi connectivity index (χ4n) is 2.39. The van der Waals surface area contributed by atoms with E-state index in [1.165, 1.54) is 32.1 Å². The first-order chi connectivity index (χ1) is 7.74. The molecule has 0 aromatic rings. The van der Waals surface area contributed by atoms with Crippen LogP contribution < -0.4 is 5.32 Å². The lowest BCUT2D eigenvalue weighted by atomic mass is 9.94. The van der Waals surface area contributed by atoms with E-state index in [-0.39, 0.29) is 5.91 Å². The molecule has 3 heteroatoms. The summed E-state index contributed by atoms with van der Waals surface area (Å²) in [5.41, 5.74) is 0. The molecule has 1 saturated carbocycles. The molecular formula is C13H26N2O. The Balaban J connectivity index is 2.05. The van der Waals surface area contributed by atoms with E-state index in [2.05, 4.69) is 17.3 Å². The zero-order chi connectivity index (χ0) is 11.8. The Kier molecular flexibility index (Phi) is 6.46. The summed E-state index contributed by atoms with van der Waals surface area (Å²) in [5.74, 6) is 0.167. The van der Waals surface area contributed by atoms with E-state index in [0.29, 0.717) is 6.42 Å². The zero-order valence-electron chi connectivity index (χ0n) is 10.8. The fraction of sp³-hybridized carbons (Fsp3) is 0.923. The number of rotatable bonds is 6. The van der Waals surface area contributed by atoms with E-state index in [0.717, 1.165) is 25.6 Å². The summed E-state index contributed by atoms with van der Waals surface area (Å²) in [7, 11) is 2.22. The minimum absolute atomic E-state index is 0.167. The summed E-state index contributed by atoms with van der Waals surface area (Å²) in [6.07, 6.45) is 8.58. The molecule has 0 spiro atoms. The SMILES string of the molecule is CCC(=O)NCCCN(C)C1CCCCC1. The third-order valence-electron chi connectivity index (χ3n) is 3.53. The molecule has 1 N–H and O–H groups in total. The molecule has 0 bridgehead atoms. The van der Waals surface area contributed by atoms with Gasteiger partial charge in [0.05, 0.1) is 0 Å². The number of nitrogens with one attached hydrogen (secondary N) is 1. The van der Waals surface area contributed by atoms with Crippen LogP contribution in [-0.2, 0) is 4.79 Å². The van der Waals surface area contributed by atoms with Gasteiger partial charge < -0.3 is 10.2 Å². The molecule has 0 aromatic carbocycles. The summed E-state index contributed by atoms with van der Waals surface area (Å²) >= 11 is 0. The Hall–Kier alpha value is -0.570. The van der Waals surface area contributed by atoms with Gasteiger partial charge in [-0.3, -0.25) is 4.79 Å². The first-order valence-corrected chi connectivity index (χ1v) is 6.71. The molecule has 0 aromatic heterocycles. The van der Waals surface area contributed by atoms with Crippen LogP contribution in [0.15, 0.2) is 0 Å². The van der Waals surface area contributed by atoms with Crippen LogP contribution in [0.2, 0.25) is 0 Å². The smallest absolute Gasteiger partial charge is 0.219 e. The van der Waals surface area contributed by atoms with Gasteiger partial charge in [-0.2, -0.15) is 0 Å². The molecule has 0 radical (unpaired) electrons. The third kappa shape index (κ3) is 4.97. The van der Waals surface area contributed by atoms with Crippen molar-refractivity contribution in [2.24, 2.45) is 0 Å². The number of hydrogen-bond donors (Lipinski definition) is 1. The summed E-state index contributed by atoms with van der Waals surface area (Å²) in [6, 6.07) is 0.788. The van der Waals surface area contributed by atoms with Gasteiger partial charge in [-0.05, 0) is 32.9 Å². The maximum absolute atomic E-state index is 11.0. The quantitative estimate of drug-likeness (QED) is 0.704. The summed E-state index contributed by atoms with van der Waals surface area (Å²) < 4.78 is 0. The van der Waals surface area contributed by atoms with Crippen molar-refractivity contribution in [3.63, 3.8) is 0 Å². The van der Waals surface area contributed by atoms with Crippen molar-refractivity contribution in [2.45, 2.75) is 57.9 Å². The Labute approximate surface area is 99.6 Å². The largest absolute Gasteiger partial charge is 0.356 e. The summed E-state index contributed by atoms with van der Waals surface area (Å²) in [5, 5.41) is 2.93. The van der Waals surface area contributed by atoms with E-state index < -0.39 is 0 Å². The van der Waals surface area contributed by atoms with E-state index in [4.69, 9.17) is 0 Å². The van der Waals surface area contributed by atoms with Gasteiger partial charge in [-0.1, -0.05) is 26.2 Å². The Morgan fingerprint density at radius 3 is 2.62 bits per heavy atom. The number of carbonyl (C=O) groups excluding carboxylic acids is 1. The predicted molar refractivity (Wildman–Crippen MR) is 67.4 cm³/mol. The molecule has 0 heterocycles. The Morgan fingerprint density at radius 2 is 2.00 bits per heavy atom. The van der Waals surface area contributed by atoms with Gasteiger partial charge >= 0.3 is 0 Å². The minimum atomic E-state index is 0.167. The average Bonchev–Trinajstić information content (AvgIpc) is 2.35. The highest BCUT2D eigenvalue weighted by Crippen LogP contribution is 2.21. The van der Waals surface area contributed by atoms with Gasteiger partial charge in [0.15, 0.2) is 0 Å². The van der Waals surface area contributed by atoms with Gasteiger partial charge in [0.25, 0.3) is 0 Å². The third-order valence-corrected chi connectivity index (χ3v) is 3.53. The van der Waals surface area contributed by atoms with Crippen molar-refractivity contribution < 1.29 is 4.79 Å². The summed E-state index contributed by atoms with van der Waals surface area (Å²) in [6.45, 7) is 3.82. The van der Waals surface area contributed by atoms with Gasteiger partial charge in [-0.25, -0.2) is 0 Å². The highest BCUT2D eigenvalue weighted by molar-refractivity contribution is 5.75. The van der Waals surface area contributed by atoms with Crippen LogP contribution in [-0.4, -0.2) is 37.0 Å². The van der Waals surface area contributed by atoms with E-state index in [1.54, 1.807) is 0 Å². The molecule has 0 saturated heterocycles. The molecule has 1 aliphatic rings. The number of hydrogen-bond acceptors (Lipinski definition) is 2. The molecule has 16 heavy (non-hydrogen) atoms. The van der Waals surface area contributed by atoms with Crippen LogP contribution in [0.1, 0.15) is 51.9 Å². The van der Waals surface area contributed by atoms with Crippen LogP contribution >= 0.6 is 0 Å². The van der Waals surface area contributed by atoms with Gasteiger partial charge in [0.1, 0.15) is 0 Å². The average molecular weight is 226 g/mol. The van der Waals surface area contributed by atoms with Crippen molar-refractivity contribution in [3.05, 3.63) is 0 Å². The molecule has 0 atom stereocenters. The molecule has 1 aliphatic carbocycles. The maximum atomic E-state index is 11.0. The number of carbonyl (C=O) groups is 1. The van der Waals surface area contributed by atoms with Crippen LogP contribution in [0.25, 0.3) is 0 Å². The molecule has 1 rings (SSSR count). The van der Waals surface area contributed by atoms with Crippen LogP contribution in [0.4, 0.5) is 0 Å². The topological polar surface area (TPSA) is 32.3 Å². The monoisotopic (exact) mass is 226 g/mol. The van der Waals surface area contributed by atoms with Gasteiger partial charge in [-0.15, -0.1) is 0 Å². The molecule has 1 amide bonds. The highest BCUT2D eigenvalue weighted by atomic mass is 16.1. The Morgan fingerprint density at radius 1 is 1.31 bits per heavy atom. The molecule has 0 aliphatic heterocycles. The minimum Gasteiger partial charge on any atom is -0.356 e. The van der Waals surface area contributed by atoms with Gasteiger partial charge in [0.2, 0.25) is 5.91 Å². The molecule has 0 unspecified atom stereocenters. The molecular weight excluding hydrogens is 200 g/mol. The van der Waals surface area contributed by atoms with E-state index >= 15 is 0 Å². The molecule has 3 nitrogen and oxygen atoms in total. The van der Waals surface area contributed by atoms with Crippen LogP contribution in [0, 0.1) is 0 Å². The standard InChI is InChI=1S/C13H26N2O/c1-3-13(16)14-10-7-11-15(2)12-8-5-4-6-9-12/h12H,3-11H2,1-2H3,(H,14,16). The second-order valence-corrected chi connectivity index (χ2v) is 4.83. The van der Waals surface area contributed by atoms with Crippen molar-refractivity contribution in [1.82, 2.24) is 10.2 Å². The number of nitrogens with zero attached hydrogens (tertiary/aromatic N) is 1.